The molecule has 1 aromatic rings. The molecule has 66 valence electrons. The average molecular weight is 218 g/mol. The van der Waals surface area contributed by atoms with Gasteiger partial charge in [0.05, 0.1) is 7.83 Å². The van der Waals surface area contributed by atoms with Gasteiger partial charge in [0.15, 0.2) is 0 Å². The van der Waals surface area contributed by atoms with Gasteiger partial charge in [0.1, 0.15) is 0 Å². The highest BCUT2D eigenvalue weighted by Crippen LogP contribution is 2.06. The highest BCUT2D eigenvalue weighted by molar-refractivity contribution is 7.40. The van der Waals surface area contributed by atoms with Gasteiger partial charge in [-0.1, -0.05) is 40.6 Å². The van der Waals surface area contributed by atoms with Crippen LogP contribution in [0.2, 0.25) is 6.55 Å². The van der Waals surface area contributed by atoms with Gasteiger partial charge in [0, 0.05) is 18.8 Å². The lowest BCUT2D eigenvalue weighted by Gasteiger charge is -2.15. The Morgan fingerprint density at radius 1 is 1.15 bits per heavy atom. The molecule has 0 amide bonds. The molecule has 0 bridgehead atoms. The Morgan fingerprint density at radius 2 is 1.62 bits per heavy atom. The molecule has 3 heteroatoms. The third-order valence-corrected chi connectivity index (χ3v) is 9.22. The van der Waals surface area contributed by atoms with Crippen LogP contribution in [-0.4, -0.2) is 26.6 Å². The standard InChI is InChI=1S/C10H14Si3/c1-7-5-8(2)10(9(3)6-7)13(11)12-4/h5-6H,1-4H3. The number of benzene rings is 1. The molecule has 0 unspecified atom stereocenters. The summed E-state index contributed by atoms with van der Waals surface area (Å²) in [6.07, 6.45) is 0. The Balaban J connectivity index is 3.20. The van der Waals surface area contributed by atoms with Crippen molar-refractivity contribution in [1.82, 2.24) is 0 Å². The Labute approximate surface area is 88.2 Å². The molecule has 0 saturated carbocycles. The second-order valence-electron chi connectivity index (χ2n) is 3.40. The Bertz CT molecular complexity index is 284. The molecule has 0 fully saturated rings. The summed E-state index contributed by atoms with van der Waals surface area (Å²) in [7, 11) is 4.44. The largest absolute Gasteiger partial charge is 0.0755 e. The zero-order chi connectivity index (χ0) is 10.0. The van der Waals surface area contributed by atoms with Crippen LogP contribution in [0.1, 0.15) is 16.7 Å². The van der Waals surface area contributed by atoms with E-state index in [2.05, 4.69) is 49.2 Å². The normalized spacial score (nSPS) is 10.9. The van der Waals surface area contributed by atoms with Gasteiger partial charge in [-0.15, -0.1) is 0 Å². The number of hydrogen-bond acceptors (Lipinski definition) is 0. The summed E-state index contributed by atoms with van der Waals surface area (Å²) in [5, 5.41) is 1.58. The molecule has 6 radical (unpaired) electrons. The summed E-state index contributed by atoms with van der Waals surface area (Å²) < 4.78 is 0. The first-order chi connectivity index (χ1) is 6.06. The summed E-state index contributed by atoms with van der Waals surface area (Å²) in [5.41, 5.74) is 4.28. The molecule has 0 heterocycles. The molecule has 0 nitrogen and oxygen atoms in total. The Hall–Kier alpha value is -0.129. The van der Waals surface area contributed by atoms with E-state index in [0.717, 1.165) is 9.04 Å². The fraction of sp³-hybridized carbons (Fsp3) is 0.400. The molecule has 0 aliphatic carbocycles. The van der Waals surface area contributed by atoms with E-state index in [1.54, 1.807) is 5.19 Å². The van der Waals surface area contributed by atoms with Crippen LogP contribution in [0.15, 0.2) is 12.1 Å². The summed E-state index contributed by atoms with van der Waals surface area (Å²) >= 11 is 0. The zero-order valence-electron chi connectivity index (χ0n) is 8.65. The smallest absolute Gasteiger partial charge is 0.0553 e. The summed E-state index contributed by atoms with van der Waals surface area (Å²) in [6.45, 7) is 8.89. The molecular formula is C10H14Si3. The fourth-order valence-corrected chi connectivity index (χ4v) is 6.00. The van der Waals surface area contributed by atoms with Gasteiger partial charge < -0.3 is 0 Å². The number of hydrogen-bond donors (Lipinski definition) is 0. The van der Waals surface area contributed by atoms with Crippen molar-refractivity contribution in [3.8, 4) is 0 Å². The summed E-state index contributed by atoms with van der Waals surface area (Å²) in [6, 6.07) is 4.57. The predicted octanol–water partition coefficient (Wildman–Crippen LogP) is 1.23. The van der Waals surface area contributed by atoms with Gasteiger partial charge >= 0.3 is 0 Å². The lowest BCUT2D eigenvalue weighted by Crippen LogP contribution is -2.39. The molecule has 13 heavy (non-hydrogen) atoms. The maximum absolute atomic E-state index is 3.88. The average Bonchev–Trinajstić information content (AvgIpc) is 2.02. The minimum Gasteiger partial charge on any atom is -0.0755 e. The van der Waals surface area contributed by atoms with E-state index >= 15 is 0 Å². The van der Waals surface area contributed by atoms with Gasteiger partial charge in [0.25, 0.3) is 0 Å². The Kier molecular flexibility index (Phi) is 3.70. The monoisotopic (exact) mass is 218 g/mol. The second-order valence-corrected chi connectivity index (χ2v) is 11.1. The van der Waals surface area contributed by atoms with Crippen LogP contribution >= 0.6 is 0 Å². The predicted molar refractivity (Wildman–Crippen MR) is 63.4 cm³/mol. The van der Waals surface area contributed by atoms with Crippen LogP contribution in [0.25, 0.3) is 0 Å². The fourth-order valence-electron chi connectivity index (χ4n) is 1.70. The first kappa shape index (κ1) is 10.9. The number of aryl methyl sites for hydroxylation is 3. The van der Waals surface area contributed by atoms with E-state index < -0.39 is 7.83 Å². The molecule has 1 rings (SSSR count). The van der Waals surface area contributed by atoms with Crippen LogP contribution in [-0.2, 0) is 0 Å². The minimum atomic E-state index is -0.450. The SMILES string of the molecule is C[Si][Si]([Si])c1c(C)cc(C)cc1C. The van der Waals surface area contributed by atoms with Gasteiger partial charge in [0.2, 0.25) is 0 Å². The zero-order valence-corrected chi connectivity index (χ0v) is 11.7. The van der Waals surface area contributed by atoms with Crippen molar-refractivity contribution >= 4 is 31.8 Å². The quantitative estimate of drug-likeness (QED) is 0.655. The van der Waals surface area contributed by atoms with Crippen molar-refractivity contribution in [2.24, 2.45) is 0 Å². The molecule has 0 atom stereocenters. The van der Waals surface area contributed by atoms with E-state index in [1.807, 2.05) is 0 Å². The van der Waals surface area contributed by atoms with Crippen molar-refractivity contribution in [3.05, 3.63) is 28.8 Å². The van der Waals surface area contributed by atoms with E-state index in [9.17, 15) is 0 Å². The molecule has 0 aliphatic rings. The highest BCUT2D eigenvalue weighted by Gasteiger charge is 2.11. The van der Waals surface area contributed by atoms with Crippen molar-refractivity contribution < 1.29 is 0 Å². The first-order valence-electron chi connectivity index (χ1n) is 4.40. The summed E-state index contributed by atoms with van der Waals surface area (Å²) in [4.78, 5) is 0. The molecule has 0 N–H and O–H groups in total. The lowest BCUT2D eigenvalue weighted by molar-refractivity contribution is 1.35. The van der Waals surface area contributed by atoms with Gasteiger partial charge in [-0.2, -0.15) is 0 Å². The van der Waals surface area contributed by atoms with Crippen LogP contribution in [0, 0.1) is 20.8 Å². The second kappa shape index (κ2) is 4.39. The van der Waals surface area contributed by atoms with E-state index in [-0.39, 0.29) is 0 Å². The number of rotatable bonds is 2. The van der Waals surface area contributed by atoms with Crippen molar-refractivity contribution in [1.29, 1.82) is 0 Å². The first-order valence-corrected chi connectivity index (χ1v) is 9.90. The summed E-state index contributed by atoms with van der Waals surface area (Å²) in [5.74, 6) is 0. The van der Waals surface area contributed by atoms with Crippen molar-refractivity contribution in [2.75, 3.05) is 0 Å². The van der Waals surface area contributed by atoms with Gasteiger partial charge in [-0.25, -0.2) is 0 Å². The molecule has 1 aromatic carbocycles. The maximum atomic E-state index is 3.88. The maximum Gasteiger partial charge on any atom is 0.0553 e. The van der Waals surface area contributed by atoms with E-state index in [1.165, 1.54) is 16.7 Å². The van der Waals surface area contributed by atoms with Crippen LogP contribution in [0.3, 0.4) is 0 Å². The molecule has 0 aliphatic heterocycles. The molecule has 0 aromatic heterocycles. The van der Waals surface area contributed by atoms with Crippen LogP contribution < -0.4 is 5.19 Å². The highest BCUT2D eigenvalue weighted by atomic mass is 29.5. The van der Waals surface area contributed by atoms with E-state index in [0.29, 0.717) is 0 Å². The molecule has 0 spiro atoms. The third kappa shape index (κ3) is 2.42. The van der Waals surface area contributed by atoms with Crippen molar-refractivity contribution in [2.45, 2.75) is 27.3 Å². The minimum absolute atomic E-state index is 0.450. The van der Waals surface area contributed by atoms with Gasteiger partial charge in [-0.05, 0) is 20.8 Å². The van der Waals surface area contributed by atoms with E-state index in [4.69, 9.17) is 0 Å². The van der Waals surface area contributed by atoms with Crippen LogP contribution in [0.4, 0.5) is 0 Å². The lowest BCUT2D eigenvalue weighted by atomic mass is 10.1. The molecular weight excluding hydrogens is 204 g/mol. The topological polar surface area (TPSA) is 0 Å². The van der Waals surface area contributed by atoms with Gasteiger partial charge in [-0.3, -0.25) is 0 Å². The van der Waals surface area contributed by atoms with Crippen molar-refractivity contribution in [3.63, 3.8) is 0 Å². The Morgan fingerprint density at radius 3 is 2.00 bits per heavy atom. The molecule has 0 saturated heterocycles. The third-order valence-electron chi connectivity index (χ3n) is 2.18. The van der Waals surface area contributed by atoms with Crippen LogP contribution in [0.5, 0.6) is 0 Å².